The average Bonchev–Trinajstić information content (AvgIpc) is 2.26. The summed E-state index contributed by atoms with van der Waals surface area (Å²) < 4.78 is 0. The number of carbonyl (C=O) groups excluding carboxylic acids is 1. The Bertz CT molecular complexity index is 388. The number of hydrogen-bond donors (Lipinski definition) is 1. The maximum absolute atomic E-state index is 11.9. The fourth-order valence-corrected chi connectivity index (χ4v) is 1.86. The molecule has 0 saturated heterocycles. The van der Waals surface area contributed by atoms with E-state index in [4.69, 9.17) is 0 Å². The molecule has 0 saturated carbocycles. The van der Waals surface area contributed by atoms with Gasteiger partial charge in [0.1, 0.15) is 0 Å². The third kappa shape index (κ3) is 5.82. The van der Waals surface area contributed by atoms with E-state index >= 15 is 0 Å². The van der Waals surface area contributed by atoms with Crippen molar-refractivity contribution >= 4 is 5.91 Å². The summed E-state index contributed by atoms with van der Waals surface area (Å²) in [7, 11) is 4.09. The summed E-state index contributed by atoms with van der Waals surface area (Å²) in [5.41, 5.74) is 2.27. The Morgan fingerprint density at radius 2 is 2.11 bits per heavy atom. The van der Waals surface area contributed by atoms with Gasteiger partial charge in [-0.25, -0.2) is 0 Å². The molecule has 18 heavy (non-hydrogen) atoms. The largest absolute Gasteiger partial charge is 0.353 e. The van der Waals surface area contributed by atoms with Crippen LogP contribution in [0.25, 0.3) is 0 Å². The fraction of sp³-hybridized carbons (Fsp3) is 0.533. The molecule has 3 nitrogen and oxygen atoms in total. The van der Waals surface area contributed by atoms with Crippen molar-refractivity contribution in [2.75, 3.05) is 20.6 Å². The monoisotopic (exact) mass is 248 g/mol. The van der Waals surface area contributed by atoms with Crippen molar-refractivity contribution < 1.29 is 4.79 Å². The predicted octanol–water partition coefficient (Wildman–Crippen LogP) is 1.99. The lowest BCUT2D eigenvalue weighted by Gasteiger charge is -2.16. The van der Waals surface area contributed by atoms with Gasteiger partial charge in [-0.2, -0.15) is 0 Å². The molecule has 1 atom stereocenters. The molecule has 0 aromatic heterocycles. The number of aryl methyl sites for hydroxylation is 1. The highest BCUT2D eigenvalue weighted by Gasteiger charge is 2.08. The first kappa shape index (κ1) is 14.7. The number of benzene rings is 1. The first-order valence-electron chi connectivity index (χ1n) is 6.47. The lowest BCUT2D eigenvalue weighted by molar-refractivity contribution is -0.121. The van der Waals surface area contributed by atoms with Gasteiger partial charge in [0.25, 0.3) is 0 Å². The van der Waals surface area contributed by atoms with Crippen molar-refractivity contribution in [2.24, 2.45) is 0 Å². The van der Waals surface area contributed by atoms with Gasteiger partial charge in [0.15, 0.2) is 0 Å². The maximum Gasteiger partial charge on any atom is 0.224 e. The fourth-order valence-electron chi connectivity index (χ4n) is 1.86. The molecule has 0 bridgehead atoms. The Morgan fingerprint density at radius 3 is 2.72 bits per heavy atom. The average molecular weight is 248 g/mol. The molecular weight excluding hydrogens is 224 g/mol. The second kappa shape index (κ2) is 7.17. The minimum absolute atomic E-state index is 0.104. The van der Waals surface area contributed by atoms with Crippen LogP contribution in [0.5, 0.6) is 0 Å². The summed E-state index contributed by atoms with van der Waals surface area (Å²) in [6, 6.07) is 8.32. The summed E-state index contributed by atoms with van der Waals surface area (Å²) in [5, 5.41) is 3.04. The Labute approximate surface area is 110 Å². The van der Waals surface area contributed by atoms with Gasteiger partial charge >= 0.3 is 0 Å². The van der Waals surface area contributed by atoms with E-state index in [1.165, 1.54) is 5.56 Å². The van der Waals surface area contributed by atoms with Gasteiger partial charge in [-0.05, 0) is 46.5 Å². The van der Waals surface area contributed by atoms with Crippen molar-refractivity contribution in [3.63, 3.8) is 0 Å². The number of nitrogens with one attached hydrogen (secondary N) is 1. The van der Waals surface area contributed by atoms with Crippen LogP contribution in [0.1, 0.15) is 24.5 Å². The highest BCUT2D eigenvalue weighted by Crippen LogP contribution is 2.05. The summed E-state index contributed by atoms with van der Waals surface area (Å²) in [5.74, 6) is 0.104. The number of rotatable bonds is 6. The Hall–Kier alpha value is -1.35. The minimum atomic E-state index is 0.104. The maximum atomic E-state index is 11.9. The van der Waals surface area contributed by atoms with Crippen molar-refractivity contribution in [3.8, 4) is 0 Å². The molecule has 0 heterocycles. The van der Waals surface area contributed by atoms with Crippen LogP contribution in [0.15, 0.2) is 24.3 Å². The molecule has 0 fully saturated rings. The van der Waals surface area contributed by atoms with E-state index in [9.17, 15) is 4.79 Å². The lowest BCUT2D eigenvalue weighted by atomic mass is 10.1. The molecule has 1 rings (SSSR count). The summed E-state index contributed by atoms with van der Waals surface area (Å²) in [6.45, 7) is 5.09. The Kier molecular flexibility index (Phi) is 5.86. The van der Waals surface area contributed by atoms with Crippen LogP contribution in [-0.4, -0.2) is 37.5 Å². The van der Waals surface area contributed by atoms with Crippen LogP contribution in [-0.2, 0) is 11.2 Å². The third-order valence-corrected chi connectivity index (χ3v) is 2.86. The van der Waals surface area contributed by atoms with Gasteiger partial charge in [-0.3, -0.25) is 4.79 Å². The van der Waals surface area contributed by atoms with E-state index in [2.05, 4.69) is 23.2 Å². The molecular formula is C15H24N2O. The Morgan fingerprint density at radius 1 is 1.39 bits per heavy atom. The van der Waals surface area contributed by atoms with Crippen molar-refractivity contribution in [1.29, 1.82) is 0 Å². The van der Waals surface area contributed by atoms with Crippen LogP contribution >= 0.6 is 0 Å². The number of hydrogen-bond acceptors (Lipinski definition) is 2. The molecule has 1 aromatic rings. The zero-order valence-electron chi connectivity index (χ0n) is 11.9. The topological polar surface area (TPSA) is 32.3 Å². The van der Waals surface area contributed by atoms with Crippen LogP contribution in [0.2, 0.25) is 0 Å². The lowest BCUT2D eigenvalue weighted by Crippen LogP contribution is -2.35. The summed E-state index contributed by atoms with van der Waals surface area (Å²) in [6.07, 6.45) is 1.44. The highest BCUT2D eigenvalue weighted by molar-refractivity contribution is 5.78. The number of nitrogens with zero attached hydrogens (tertiary/aromatic N) is 1. The number of amides is 1. The van der Waals surface area contributed by atoms with E-state index in [0.29, 0.717) is 6.42 Å². The summed E-state index contributed by atoms with van der Waals surface area (Å²) >= 11 is 0. The molecule has 100 valence electrons. The van der Waals surface area contributed by atoms with Gasteiger partial charge in [0, 0.05) is 6.04 Å². The molecule has 0 radical (unpaired) electrons. The molecule has 0 aliphatic carbocycles. The van der Waals surface area contributed by atoms with Crippen molar-refractivity contribution in [1.82, 2.24) is 10.2 Å². The van der Waals surface area contributed by atoms with Crippen LogP contribution in [0.3, 0.4) is 0 Å². The SMILES string of the molecule is Cc1cccc(CC(=O)NC(C)CCN(C)C)c1. The second-order valence-electron chi connectivity index (χ2n) is 5.23. The normalized spacial score (nSPS) is 12.5. The van der Waals surface area contributed by atoms with Crippen LogP contribution < -0.4 is 5.32 Å². The highest BCUT2D eigenvalue weighted by atomic mass is 16.1. The van der Waals surface area contributed by atoms with Crippen molar-refractivity contribution in [2.45, 2.75) is 32.7 Å². The number of carbonyl (C=O) groups is 1. The van der Waals surface area contributed by atoms with E-state index in [1.807, 2.05) is 39.2 Å². The second-order valence-corrected chi connectivity index (χ2v) is 5.23. The zero-order chi connectivity index (χ0) is 13.5. The standard InChI is InChI=1S/C15H24N2O/c1-12-6-5-7-14(10-12)11-15(18)16-13(2)8-9-17(3)4/h5-7,10,13H,8-9,11H2,1-4H3,(H,16,18). The smallest absolute Gasteiger partial charge is 0.224 e. The van der Waals surface area contributed by atoms with E-state index in [1.54, 1.807) is 0 Å². The predicted molar refractivity (Wildman–Crippen MR) is 75.7 cm³/mol. The minimum Gasteiger partial charge on any atom is -0.353 e. The van der Waals surface area contributed by atoms with Gasteiger partial charge < -0.3 is 10.2 Å². The first-order valence-corrected chi connectivity index (χ1v) is 6.47. The van der Waals surface area contributed by atoms with Crippen LogP contribution in [0, 0.1) is 6.92 Å². The molecule has 0 aliphatic rings. The first-order chi connectivity index (χ1) is 8.47. The quantitative estimate of drug-likeness (QED) is 0.835. The van der Waals surface area contributed by atoms with Gasteiger partial charge in [-0.15, -0.1) is 0 Å². The molecule has 1 N–H and O–H groups in total. The molecule has 1 aromatic carbocycles. The summed E-state index contributed by atoms with van der Waals surface area (Å²) in [4.78, 5) is 14.0. The Balaban J connectivity index is 2.37. The van der Waals surface area contributed by atoms with Gasteiger partial charge in [0.05, 0.1) is 6.42 Å². The van der Waals surface area contributed by atoms with E-state index < -0.39 is 0 Å². The molecule has 3 heteroatoms. The van der Waals surface area contributed by atoms with Crippen molar-refractivity contribution in [3.05, 3.63) is 35.4 Å². The molecule has 0 spiro atoms. The van der Waals surface area contributed by atoms with Crippen LogP contribution in [0.4, 0.5) is 0 Å². The molecule has 1 amide bonds. The van der Waals surface area contributed by atoms with Gasteiger partial charge in [-0.1, -0.05) is 29.8 Å². The van der Waals surface area contributed by atoms with Gasteiger partial charge in [0.2, 0.25) is 5.91 Å². The van der Waals surface area contributed by atoms with E-state index in [0.717, 1.165) is 18.5 Å². The molecule has 0 aliphatic heterocycles. The third-order valence-electron chi connectivity index (χ3n) is 2.86. The zero-order valence-corrected chi connectivity index (χ0v) is 11.9. The molecule has 1 unspecified atom stereocenters. The van der Waals surface area contributed by atoms with E-state index in [-0.39, 0.29) is 11.9 Å².